The number of nitrogens with two attached hydrogens (primary N) is 1. The van der Waals surface area contributed by atoms with Gasteiger partial charge in [0, 0.05) is 5.57 Å². The second kappa shape index (κ2) is 4.35. The Bertz CT molecular complexity index is 454. The smallest absolute Gasteiger partial charge is 0.251 e. The van der Waals surface area contributed by atoms with Gasteiger partial charge in [-0.05, 0) is 37.5 Å². The lowest BCUT2D eigenvalue weighted by atomic mass is 10.2. The van der Waals surface area contributed by atoms with Gasteiger partial charge in [-0.25, -0.2) is 4.39 Å². The third-order valence-electron chi connectivity index (χ3n) is 2.59. The summed E-state index contributed by atoms with van der Waals surface area (Å²) in [6, 6.07) is 3.94. The molecule has 0 aliphatic heterocycles. The number of amides is 1. The summed E-state index contributed by atoms with van der Waals surface area (Å²) in [7, 11) is 0. The maximum atomic E-state index is 12.8. The Hall–Kier alpha value is -1.84. The molecule has 0 spiro atoms. The number of hydrogen-bond donors (Lipinski definition) is 2. The number of nitrogens with one attached hydrogen (secondary N) is 1. The van der Waals surface area contributed by atoms with E-state index in [0.717, 1.165) is 24.8 Å². The fourth-order valence-electron chi connectivity index (χ4n) is 1.73. The van der Waals surface area contributed by atoms with Crippen molar-refractivity contribution in [3.05, 3.63) is 35.7 Å². The molecule has 3 nitrogen and oxygen atoms in total. The van der Waals surface area contributed by atoms with Gasteiger partial charge in [-0.15, -0.1) is 0 Å². The molecule has 84 valence electrons. The Morgan fingerprint density at radius 3 is 2.88 bits per heavy atom. The van der Waals surface area contributed by atoms with Crippen LogP contribution >= 0.6 is 0 Å². The average Bonchev–Trinajstić information content (AvgIpc) is 2.75. The maximum Gasteiger partial charge on any atom is 0.251 e. The molecule has 1 amide bonds. The van der Waals surface area contributed by atoms with Gasteiger partial charge in [0.1, 0.15) is 5.82 Å². The number of benzene rings is 1. The number of carbonyl (C=O) groups excluding carboxylic acids is 1. The van der Waals surface area contributed by atoms with Crippen molar-refractivity contribution in [1.29, 1.82) is 0 Å². The largest absolute Gasteiger partial charge is 0.397 e. The highest BCUT2D eigenvalue weighted by atomic mass is 19.1. The van der Waals surface area contributed by atoms with Crippen LogP contribution in [0.4, 0.5) is 15.8 Å². The van der Waals surface area contributed by atoms with Gasteiger partial charge >= 0.3 is 0 Å². The molecule has 0 heterocycles. The van der Waals surface area contributed by atoms with Gasteiger partial charge in [0.25, 0.3) is 5.91 Å². The molecule has 0 fully saturated rings. The molecule has 1 aliphatic carbocycles. The molecule has 1 aromatic rings. The lowest BCUT2D eigenvalue weighted by Gasteiger charge is -2.08. The van der Waals surface area contributed by atoms with Crippen LogP contribution in [0.25, 0.3) is 0 Å². The number of halogens is 1. The lowest BCUT2D eigenvalue weighted by Crippen LogP contribution is -2.14. The molecule has 0 saturated carbocycles. The van der Waals surface area contributed by atoms with E-state index >= 15 is 0 Å². The van der Waals surface area contributed by atoms with Crippen molar-refractivity contribution in [2.24, 2.45) is 0 Å². The summed E-state index contributed by atoms with van der Waals surface area (Å²) in [5, 5.41) is 2.68. The van der Waals surface area contributed by atoms with E-state index in [2.05, 4.69) is 5.32 Å². The van der Waals surface area contributed by atoms with Gasteiger partial charge in [0.05, 0.1) is 11.4 Å². The third kappa shape index (κ3) is 2.21. The quantitative estimate of drug-likeness (QED) is 0.752. The summed E-state index contributed by atoms with van der Waals surface area (Å²) in [5.74, 6) is -0.550. The number of nitrogen functional groups attached to an aromatic ring is 1. The highest BCUT2D eigenvalue weighted by Crippen LogP contribution is 2.23. The topological polar surface area (TPSA) is 55.1 Å². The van der Waals surface area contributed by atoms with Crippen LogP contribution in [0.3, 0.4) is 0 Å². The zero-order chi connectivity index (χ0) is 11.5. The van der Waals surface area contributed by atoms with Crippen LogP contribution in [0.1, 0.15) is 19.3 Å². The molecule has 0 aromatic heterocycles. The van der Waals surface area contributed by atoms with Crippen LogP contribution < -0.4 is 11.1 Å². The Morgan fingerprint density at radius 1 is 1.44 bits per heavy atom. The number of carbonyl (C=O) groups is 1. The van der Waals surface area contributed by atoms with Crippen LogP contribution in [0.5, 0.6) is 0 Å². The van der Waals surface area contributed by atoms with Crippen molar-refractivity contribution in [2.75, 3.05) is 11.1 Å². The second-order valence-electron chi connectivity index (χ2n) is 3.81. The van der Waals surface area contributed by atoms with E-state index in [0.29, 0.717) is 5.69 Å². The summed E-state index contributed by atoms with van der Waals surface area (Å²) in [5.41, 5.74) is 7.08. The lowest BCUT2D eigenvalue weighted by molar-refractivity contribution is -0.112. The molecule has 2 rings (SSSR count). The van der Waals surface area contributed by atoms with E-state index in [1.165, 1.54) is 18.2 Å². The first-order chi connectivity index (χ1) is 7.66. The minimum atomic E-state index is -0.407. The maximum absolute atomic E-state index is 12.8. The van der Waals surface area contributed by atoms with Gasteiger partial charge in [-0.3, -0.25) is 4.79 Å². The van der Waals surface area contributed by atoms with Crippen LogP contribution in [0, 0.1) is 5.82 Å². The van der Waals surface area contributed by atoms with Crippen LogP contribution in [0.2, 0.25) is 0 Å². The number of allylic oxidation sites excluding steroid dienone is 1. The van der Waals surface area contributed by atoms with Gasteiger partial charge in [0.15, 0.2) is 0 Å². The fourth-order valence-corrected chi connectivity index (χ4v) is 1.73. The van der Waals surface area contributed by atoms with Crippen LogP contribution in [-0.2, 0) is 4.79 Å². The third-order valence-corrected chi connectivity index (χ3v) is 2.59. The van der Waals surface area contributed by atoms with Gasteiger partial charge < -0.3 is 11.1 Å². The van der Waals surface area contributed by atoms with Crippen molar-refractivity contribution in [2.45, 2.75) is 19.3 Å². The highest BCUT2D eigenvalue weighted by molar-refractivity contribution is 6.05. The van der Waals surface area contributed by atoms with E-state index in [1.54, 1.807) is 0 Å². The molecular weight excluding hydrogens is 207 g/mol. The molecule has 0 atom stereocenters. The molecule has 0 bridgehead atoms. The first-order valence-corrected chi connectivity index (χ1v) is 5.22. The zero-order valence-corrected chi connectivity index (χ0v) is 8.79. The van der Waals surface area contributed by atoms with E-state index in [4.69, 9.17) is 5.73 Å². The first kappa shape index (κ1) is 10.7. The zero-order valence-electron chi connectivity index (χ0n) is 8.79. The predicted octanol–water partition coefficient (Wildman–Crippen LogP) is 2.46. The molecule has 1 aromatic carbocycles. The summed E-state index contributed by atoms with van der Waals surface area (Å²) in [6.07, 6.45) is 4.69. The first-order valence-electron chi connectivity index (χ1n) is 5.22. The minimum Gasteiger partial charge on any atom is -0.397 e. The van der Waals surface area contributed by atoms with E-state index in [-0.39, 0.29) is 11.6 Å². The average molecular weight is 220 g/mol. The number of anilines is 2. The summed E-state index contributed by atoms with van der Waals surface area (Å²) >= 11 is 0. The summed E-state index contributed by atoms with van der Waals surface area (Å²) in [6.45, 7) is 0. The molecular formula is C12H13FN2O. The van der Waals surface area contributed by atoms with Crippen molar-refractivity contribution < 1.29 is 9.18 Å². The molecule has 0 unspecified atom stereocenters. The van der Waals surface area contributed by atoms with E-state index in [9.17, 15) is 9.18 Å². The van der Waals surface area contributed by atoms with Crippen molar-refractivity contribution >= 4 is 17.3 Å². The Morgan fingerprint density at radius 2 is 2.25 bits per heavy atom. The van der Waals surface area contributed by atoms with E-state index in [1.807, 2.05) is 6.08 Å². The molecule has 0 radical (unpaired) electrons. The molecule has 0 saturated heterocycles. The van der Waals surface area contributed by atoms with Crippen LogP contribution in [-0.4, -0.2) is 5.91 Å². The molecule has 4 heteroatoms. The summed E-state index contributed by atoms with van der Waals surface area (Å²) < 4.78 is 12.8. The van der Waals surface area contributed by atoms with Crippen molar-refractivity contribution in [1.82, 2.24) is 0 Å². The fraction of sp³-hybridized carbons (Fsp3) is 0.250. The van der Waals surface area contributed by atoms with Gasteiger partial charge in [-0.1, -0.05) is 6.08 Å². The Labute approximate surface area is 93.1 Å². The van der Waals surface area contributed by atoms with Gasteiger partial charge in [-0.2, -0.15) is 0 Å². The standard InChI is InChI=1S/C12H13FN2O/c13-9-5-6-11(10(14)7-9)15-12(16)8-3-1-2-4-8/h3,5-7H,1-2,4,14H2,(H,15,16). The molecule has 3 N–H and O–H groups in total. The van der Waals surface area contributed by atoms with E-state index < -0.39 is 5.82 Å². The number of hydrogen-bond acceptors (Lipinski definition) is 2. The Balaban J connectivity index is 2.11. The van der Waals surface area contributed by atoms with Crippen molar-refractivity contribution in [3.8, 4) is 0 Å². The van der Waals surface area contributed by atoms with Crippen LogP contribution in [0.15, 0.2) is 29.8 Å². The molecule has 1 aliphatic rings. The summed E-state index contributed by atoms with van der Waals surface area (Å²) in [4.78, 5) is 11.7. The Kier molecular flexibility index (Phi) is 2.90. The monoisotopic (exact) mass is 220 g/mol. The van der Waals surface area contributed by atoms with Crippen molar-refractivity contribution in [3.63, 3.8) is 0 Å². The normalized spacial score (nSPS) is 14.7. The second-order valence-corrected chi connectivity index (χ2v) is 3.81. The SMILES string of the molecule is Nc1cc(F)ccc1NC(=O)C1=CCCC1. The minimum absolute atomic E-state index is 0.143. The molecule has 16 heavy (non-hydrogen) atoms. The van der Waals surface area contributed by atoms with Gasteiger partial charge in [0.2, 0.25) is 0 Å². The predicted molar refractivity (Wildman–Crippen MR) is 61.4 cm³/mol. The highest BCUT2D eigenvalue weighted by Gasteiger charge is 2.14. The number of rotatable bonds is 2.